The number of hydrogen-bond donors (Lipinski definition) is 2. The highest BCUT2D eigenvalue weighted by atomic mass is 32.2. The summed E-state index contributed by atoms with van der Waals surface area (Å²) in [5, 5.41) is 3.67. The van der Waals surface area contributed by atoms with Crippen molar-refractivity contribution in [1.29, 1.82) is 0 Å². The van der Waals surface area contributed by atoms with Crippen LogP contribution in [0.15, 0.2) is 40.5 Å². The fourth-order valence-electron chi connectivity index (χ4n) is 2.33. The quantitative estimate of drug-likeness (QED) is 0.711. The van der Waals surface area contributed by atoms with Crippen molar-refractivity contribution in [3.05, 3.63) is 41.7 Å². The number of imidazole rings is 1. The van der Waals surface area contributed by atoms with Crippen molar-refractivity contribution in [3.63, 3.8) is 0 Å². The van der Waals surface area contributed by atoms with E-state index >= 15 is 0 Å². The molecule has 9 heteroatoms. The molecule has 1 fully saturated rings. The van der Waals surface area contributed by atoms with Gasteiger partial charge in [0, 0.05) is 18.7 Å². The molecular formula is C16H20N4O3S2. The molecule has 0 saturated heterocycles. The minimum Gasteiger partial charge on any atom is -0.349 e. The summed E-state index contributed by atoms with van der Waals surface area (Å²) in [4.78, 5) is 16.4. The molecule has 1 amide bonds. The Balaban J connectivity index is 1.72. The van der Waals surface area contributed by atoms with E-state index < -0.39 is 10.0 Å². The highest BCUT2D eigenvalue weighted by Crippen LogP contribution is 2.20. The van der Waals surface area contributed by atoms with E-state index in [-0.39, 0.29) is 23.4 Å². The third-order valence-corrected chi connectivity index (χ3v) is 6.13. The highest BCUT2D eigenvalue weighted by molar-refractivity contribution is 7.98. The molecule has 3 rings (SSSR count). The molecule has 0 atom stereocenters. The first-order valence-electron chi connectivity index (χ1n) is 7.86. The topological polar surface area (TPSA) is 93.1 Å². The van der Waals surface area contributed by atoms with E-state index in [1.165, 1.54) is 23.9 Å². The van der Waals surface area contributed by atoms with Crippen molar-refractivity contribution in [2.24, 2.45) is 7.05 Å². The summed E-state index contributed by atoms with van der Waals surface area (Å²) in [6.45, 7) is 0.130. The largest absolute Gasteiger partial charge is 0.349 e. The first-order valence-corrected chi connectivity index (χ1v) is 10.6. The van der Waals surface area contributed by atoms with Gasteiger partial charge in [0.15, 0.2) is 5.16 Å². The number of hydrogen-bond acceptors (Lipinski definition) is 5. The van der Waals surface area contributed by atoms with E-state index in [0.717, 1.165) is 23.7 Å². The Morgan fingerprint density at radius 3 is 2.80 bits per heavy atom. The van der Waals surface area contributed by atoms with Gasteiger partial charge in [0.05, 0.1) is 23.3 Å². The molecule has 0 spiro atoms. The summed E-state index contributed by atoms with van der Waals surface area (Å²) in [5.41, 5.74) is 1.11. The van der Waals surface area contributed by atoms with Gasteiger partial charge in [-0.3, -0.25) is 4.79 Å². The summed E-state index contributed by atoms with van der Waals surface area (Å²) in [5.74, 6) is -0.240. The third kappa shape index (κ3) is 4.23. The van der Waals surface area contributed by atoms with Crippen molar-refractivity contribution in [2.45, 2.75) is 35.5 Å². The van der Waals surface area contributed by atoms with Crippen LogP contribution in [0.2, 0.25) is 0 Å². The lowest BCUT2D eigenvalue weighted by Crippen LogP contribution is -2.27. The second kappa shape index (κ2) is 7.19. The van der Waals surface area contributed by atoms with Crippen LogP contribution in [0, 0.1) is 0 Å². The van der Waals surface area contributed by atoms with Crippen LogP contribution in [-0.4, -0.2) is 36.2 Å². The molecule has 134 valence electrons. The number of carbonyl (C=O) groups excluding carboxylic acids is 1. The average molecular weight is 380 g/mol. The van der Waals surface area contributed by atoms with Crippen LogP contribution < -0.4 is 10.0 Å². The molecule has 0 unspecified atom stereocenters. The molecule has 0 aliphatic heterocycles. The molecule has 2 aromatic rings. The molecular weight excluding hydrogens is 360 g/mol. The van der Waals surface area contributed by atoms with Crippen LogP contribution in [0.1, 0.15) is 28.9 Å². The van der Waals surface area contributed by atoms with Crippen molar-refractivity contribution in [1.82, 2.24) is 19.6 Å². The van der Waals surface area contributed by atoms with Crippen LogP contribution >= 0.6 is 11.8 Å². The third-order valence-electron chi connectivity index (χ3n) is 3.99. The predicted molar refractivity (Wildman–Crippen MR) is 95.9 cm³/mol. The van der Waals surface area contributed by atoms with Crippen LogP contribution in [0.3, 0.4) is 0 Å². The fourth-order valence-corrected chi connectivity index (χ4v) is 3.93. The Bertz CT molecular complexity index is 889. The van der Waals surface area contributed by atoms with Gasteiger partial charge in [0.2, 0.25) is 10.0 Å². The van der Waals surface area contributed by atoms with Gasteiger partial charge >= 0.3 is 0 Å². The number of aromatic nitrogens is 2. The van der Waals surface area contributed by atoms with Gasteiger partial charge in [-0.25, -0.2) is 18.1 Å². The van der Waals surface area contributed by atoms with Gasteiger partial charge in [-0.1, -0.05) is 17.8 Å². The Kier molecular flexibility index (Phi) is 5.16. The highest BCUT2D eigenvalue weighted by Gasteiger charge is 2.24. The minimum absolute atomic E-state index is 0.0724. The summed E-state index contributed by atoms with van der Waals surface area (Å²) in [6.07, 6.45) is 5.52. The predicted octanol–water partition coefficient (Wildman–Crippen LogP) is 1.51. The minimum atomic E-state index is -3.72. The normalized spacial score (nSPS) is 14.5. The number of benzene rings is 1. The summed E-state index contributed by atoms with van der Waals surface area (Å²) >= 11 is 1.49. The molecule has 25 heavy (non-hydrogen) atoms. The van der Waals surface area contributed by atoms with Crippen LogP contribution in [0.4, 0.5) is 0 Å². The Hall–Kier alpha value is -1.84. The summed E-state index contributed by atoms with van der Waals surface area (Å²) in [6, 6.07) is 6.29. The maximum absolute atomic E-state index is 12.5. The number of sulfonamides is 1. The lowest BCUT2D eigenvalue weighted by molar-refractivity contribution is 0.0951. The van der Waals surface area contributed by atoms with E-state index in [0.29, 0.717) is 5.56 Å². The van der Waals surface area contributed by atoms with Gasteiger partial charge < -0.3 is 9.88 Å². The maximum Gasteiger partial charge on any atom is 0.251 e. The number of thioether (sulfide) groups is 1. The Labute approximate surface area is 151 Å². The maximum atomic E-state index is 12.5. The lowest BCUT2D eigenvalue weighted by Gasteiger charge is -2.09. The molecule has 1 saturated carbocycles. The monoisotopic (exact) mass is 380 g/mol. The van der Waals surface area contributed by atoms with E-state index in [1.54, 1.807) is 18.3 Å². The molecule has 1 aromatic heterocycles. The second-order valence-electron chi connectivity index (χ2n) is 5.90. The molecule has 0 radical (unpaired) electrons. The molecule has 1 aliphatic rings. The average Bonchev–Trinajstić information content (AvgIpc) is 3.34. The van der Waals surface area contributed by atoms with Crippen molar-refractivity contribution in [3.8, 4) is 0 Å². The van der Waals surface area contributed by atoms with Crippen LogP contribution in [-0.2, 0) is 23.6 Å². The summed E-state index contributed by atoms with van der Waals surface area (Å²) in [7, 11) is -1.88. The zero-order valence-electron chi connectivity index (χ0n) is 14.0. The zero-order valence-corrected chi connectivity index (χ0v) is 15.7. The first kappa shape index (κ1) is 18.0. The number of nitrogens with zero attached hydrogens (tertiary/aromatic N) is 2. The summed E-state index contributed by atoms with van der Waals surface area (Å²) < 4.78 is 29.4. The SMILES string of the molecule is CSc1ncc(CNS(=O)(=O)c2cccc(C(=O)NC3CC3)c2)n1C. The lowest BCUT2D eigenvalue weighted by atomic mass is 10.2. The number of rotatable bonds is 7. The van der Waals surface area contributed by atoms with Crippen LogP contribution in [0.5, 0.6) is 0 Å². The number of nitrogens with one attached hydrogen (secondary N) is 2. The van der Waals surface area contributed by atoms with Gasteiger partial charge in [0.1, 0.15) is 0 Å². The molecule has 1 aliphatic carbocycles. The fraction of sp³-hybridized carbons (Fsp3) is 0.375. The number of amides is 1. The number of carbonyl (C=O) groups is 1. The molecule has 1 heterocycles. The van der Waals surface area contributed by atoms with Gasteiger partial charge in [-0.15, -0.1) is 0 Å². The van der Waals surface area contributed by atoms with Crippen molar-refractivity contribution in [2.75, 3.05) is 6.26 Å². The second-order valence-corrected chi connectivity index (χ2v) is 8.44. The van der Waals surface area contributed by atoms with E-state index in [1.807, 2.05) is 17.9 Å². The van der Waals surface area contributed by atoms with Gasteiger partial charge in [0.25, 0.3) is 5.91 Å². The molecule has 2 N–H and O–H groups in total. The molecule has 0 bridgehead atoms. The van der Waals surface area contributed by atoms with E-state index in [9.17, 15) is 13.2 Å². The van der Waals surface area contributed by atoms with Crippen molar-refractivity contribution < 1.29 is 13.2 Å². The molecule has 1 aromatic carbocycles. The van der Waals surface area contributed by atoms with Gasteiger partial charge in [-0.05, 0) is 37.3 Å². The van der Waals surface area contributed by atoms with Gasteiger partial charge in [-0.2, -0.15) is 0 Å². The van der Waals surface area contributed by atoms with E-state index in [4.69, 9.17) is 0 Å². The standard InChI is InChI=1S/C16H20N4O3S2/c1-20-13(9-17-16(20)24-2)10-18-25(22,23)14-5-3-4-11(8-14)15(21)19-12-6-7-12/h3-5,8-9,12,18H,6-7,10H2,1-2H3,(H,19,21). The Morgan fingerprint density at radius 2 is 2.16 bits per heavy atom. The zero-order chi connectivity index (χ0) is 18.0. The smallest absolute Gasteiger partial charge is 0.251 e. The van der Waals surface area contributed by atoms with E-state index in [2.05, 4.69) is 15.0 Å². The Morgan fingerprint density at radius 1 is 1.40 bits per heavy atom. The molecule has 7 nitrogen and oxygen atoms in total. The first-order chi connectivity index (χ1) is 11.9. The van der Waals surface area contributed by atoms with Crippen LogP contribution in [0.25, 0.3) is 0 Å². The van der Waals surface area contributed by atoms with Crippen molar-refractivity contribution >= 4 is 27.7 Å².